The Hall–Kier alpha value is -1.86. The molecule has 1 aromatic carbocycles. The fourth-order valence-electron chi connectivity index (χ4n) is 2.51. The van der Waals surface area contributed by atoms with E-state index in [4.69, 9.17) is 5.26 Å². The molecule has 0 aliphatic carbocycles. The number of piperidine rings is 1. The molecule has 4 nitrogen and oxygen atoms in total. The van der Waals surface area contributed by atoms with Gasteiger partial charge in [-0.25, -0.2) is 0 Å². The summed E-state index contributed by atoms with van der Waals surface area (Å²) in [7, 11) is 0. The number of aryl methyl sites for hydroxylation is 1. The van der Waals surface area contributed by atoms with Crippen molar-refractivity contribution >= 4 is 11.6 Å². The van der Waals surface area contributed by atoms with Crippen molar-refractivity contribution < 1.29 is 4.79 Å². The van der Waals surface area contributed by atoms with Crippen molar-refractivity contribution in [1.82, 2.24) is 4.90 Å². The van der Waals surface area contributed by atoms with Crippen LogP contribution in [0.25, 0.3) is 0 Å². The van der Waals surface area contributed by atoms with E-state index in [0.29, 0.717) is 6.42 Å². The summed E-state index contributed by atoms with van der Waals surface area (Å²) in [6.07, 6.45) is 2.33. The van der Waals surface area contributed by atoms with Gasteiger partial charge in [0.15, 0.2) is 0 Å². The maximum Gasteiger partial charge on any atom is 0.227 e. The van der Waals surface area contributed by atoms with Crippen LogP contribution in [0.5, 0.6) is 0 Å². The van der Waals surface area contributed by atoms with E-state index in [0.717, 1.165) is 38.2 Å². The van der Waals surface area contributed by atoms with Crippen LogP contribution in [-0.2, 0) is 4.79 Å². The van der Waals surface area contributed by atoms with Crippen molar-refractivity contribution in [2.75, 3.05) is 25.0 Å². The molecule has 0 bridgehead atoms. The molecule has 1 aliphatic rings. The first-order valence-corrected chi connectivity index (χ1v) is 7.16. The zero-order chi connectivity index (χ0) is 14.4. The summed E-state index contributed by atoms with van der Waals surface area (Å²) in [5.41, 5.74) is 2.06. The molecule has 0 unspecified atom stereocenters. The minimum atomic E-state index is 0.0923. The van der Waals surface area contributed by atoms with E-state index in [1.165, 1.54) is 5.56 Å². The Balaban J connectivity index is 1.80. The summed E-state index contributed by atoms with van der Waals surface area (Å²) in [5, 5.41) is 11.6. The first kappa shape index (κ1) is 14.5. The van der Waals surface area contributed by atoms with Gasteiger partial charge in [0.05, 0.1) is 6.07 Å². The molecule has 1 heterocycles. The van der Waals surface area contributed by atoms with Crippen molar-refractivity contribution in [2.45, 2.75) is 26.2 Å². The van der Waals surface area contributed by atoms with E-state index in [2.05, 4.69) is 16.3 Å². The Morgan fingerprint density at radius 1 is 1.35 bits per heavy atom. The van der Waals surface area contributed by atoms with Gasteiger partial charge in [0.25, 0.3) is 0 Å². The number of rotatable bonds is 4. The lowest BCUT2D eigenvalue weighted by atomic mass is 9.95. The molecule has 1 aromatic rings. The molecule has 4 heteroatoms. The van der Waals surface area contributed by atoms with E-state index < -0.39 is 0 Å². The smallest absolute Gasteiger partial charge is 0.227 e. The first-order chi connectivity index (χ1) is 9.69. The fourth-order valence-corrected chi connectivity index (χ4v) is 2.51. The molecule has 1 N–H and O–H groups in total. The summed E-state index contributed by atoms with van der Waals surface area (Å²) in [4.78, 5) is 14.5. The standard InChI is InChI=1S/C16H21N3O/c1-13-3-5-15(6-4-13)18-16(20)14-7-11-19(12-8-14)10-2-9-17/h3-6,14H,2,7-8,10-12H2,1H3,(H,18,20). The maximum absolute atomic E-state index is 12.2. The molecule has 0 atom stereocenters. The number of nitrogens with one attached hydrogen (secondary N) is 1. The molecule has 0 radical (unpaired) electrons. The van der Waals surface area contributed by atoms with Crippen LogP contribution < -0.4 is 5.32 Å². The normalized spacial score (nSPS) is 16.6. The van der Waals surface area contributed by atoms with Crippen molar-refractivity contribution in [3.8, 4) is 6.07 Å². The van der Waals surface area contributed by atoms with Crippen LogP contribution in [0.3, 0.4) is 0 Å². The predicted octanol–water partition coefficient (Wildman–Crippen LogP) is 2.56. The second kappa shape index (κ2) is 7.06. The molecular weight excluding hydrogens is 250 g/mol. The summed E-state index contributed by atoms with van der Waals surface area (Å²) >= 11 is 0. The van der Waals surface area contributed by atoms with Crippen LogP contribution in [0.1, 0.15) is 24.8 Å². The number of nitriles is 1. The Kier molecular flexibility index (Phi) is 5.14. The number of anilines is 1. The Labute approximate surface area is 120 Å². The number of carbonyl (C=O) groups is 1. The molecule has 0 spiro atoms. The topological polar surface area (TPSA) is 56.1 Å². The quantitative estimate of drug-likeness (QED) is 0.915. The first-order valence-electron chi connectivity index (χ1n) is 7.16. The third kappa shape index (κ3) is 4.07. The molecule has 106 valence electrons. The van der Waals surface area contributed by atoms with Crippen LogP contribution in [0.2, 0.25) is 0 Å². The molecule has 2 rings (SSSR count). The largest absolute Gasteiger partial charge is 0.326 e. The highest BCUT2D eigenvalue weighted by atomic mass is 16.1. The van der Waals surface area contributed by atoms with Gasteiger partial charge in [-0.05, 0) is 45.0 Å². The molecule has 0 saturated carbocycles. The SMILES string of the molecule is Cc1ccc(NC(=O)C2CCN(CCC#N)CC2)cc1. The minimum absolute atomic E-state index is 0.0923. The van der Waals surface area contributed by atoms with Crippen LogP contribution in [0.15, 0.2) is 24.3 Å². The van der Waals surface area contributed by atoms with Gasteiger partial charge in [-0.15, -0.1) is 0 Å². The number of carbonyl (C=O) groups excluding carboxylic acids is 1. The summed E-state index contributed by atoms with van der Waals surface area (Å²) in [5.74, 6) is 0.212. The zero-order valence-electron chi connectivity index (χ0n) is 11.9. The highest BCUT2D eigenvalue weighted by molar-refractivity contribution is 5.92. The lowest BCUT2D eigenvalue weighted by Gasteiger charge is -2.30. The monoisotopic (exact) mass is 271 g/mol. The summed E-state index contributed by atoms with van der Waals surface area (Å²) in [6, 6.07) is 10.0. The lowest BCUT2D eigenvalue weighted by molar-refractivity contribution is -0.121. The van der Waals surface area contributed by atoms with Gasteiger partial charge >= 0.3 is 0 Å². The zero-order valence-corrected chi connectivity index (χ0v) is 11.9. The highest BCUT2D eigenvalue weighted by Gasteiger charge is 2.24. The average molecular weight is 271 g/mol. The molecule has 0 aromatic heterocycles. The highest BCUT2D eigenvalue weighted by Crippen LogP contribution is 2.19. The van der Waals surface area contributed by atoms with E-state index in [-0.39, 0.29) is 11.8 Å². The van der Waals surface area contributed by atoms with Gasteiger partial charge in [0, 0.05) is 24.6 Å². The average Bonchev–Trinajstić information content (AvgIpc) is 2.48. The number of hydrogen-bond donors (Lipinski definition) is 1. The van der Waals surface area contributed by atoms with Gasteiger partial charge in [0.2, 0.25) is 5.91 Å². The fraction of sp³-hybridized carbons (Fsp3) is 0.500. The number of likely N-dealkylation sites (tertiary alicyclic amines) is 1. The van der Waals surface area contributed by atoms with E-state index >= 15 is 0 Å². The molecule has 1 fully saturated rings. The second-order valence-corrected chi connectivity index (χ2v) is 5.38. The van der Waals surface area contributed by atoms with Crippen LogP contribution in [-0.4, -0.2) is 30.4 Å². The Morgan fingerprint density at radius 3 is 2.60 bits per heavy atom. The number of benzene rings is 1. The van der Waals surface area contributed by atoms with Crippen LogP contribution >= 0.6 is 0 Å². The van der Waals surface area contributed by atoms with Crippen molar-refractivity contribution in [1.29, 1.82) is 5.26 Å². The number of hydrogen-bond acceptors (Lipinski definition) is 3. The van der Waals surface area contributed by atoms with E-state index in [1.807, 2.05) is 31.2 Å². The molecule has 1 saturated heterocycles. The minimum Gasteiger partial charge on any atom is -0.326 e. The molecule has 1 aliphatic heterocycles. The molecular formula is C16H21N3O. The predicted molar refractivity (Wildman–Crippen MR) is 79.2 cm³/mol. The van der Waals surface area contributed by atoms with Crippen LogP contribution in [0, 0.1) is 24.2 Å². The molecule has 1 amide bonds. The Morgan fingerprint density at radius 2 is 2.00 bits per heavy atom. The summed E-state index contributed by atoms with van der Waals surface area (Å²) in [6.45, 7) is 4.67. The van der Waals surface area contributed by atoms with Crippen molar-refractivity contribution in [3.63, 3.8) is 0 Å². The van der Waals surface area contributed by atoms with Gasteiger partial charge in [-0.3, -0.25) is 4.79 Å². The van der Waals surface area contributed by atoms with E-state index in [9.17, 15) is 4.79 Å². The van der Waals surface area contributed by atoms with Gasteiger partial charge in [-0.2, -0.15) is 5.26 Å². The van der Waals surface area contributed by atoms with Gasteiger partial charge in [-0.1, -0.05) is 17.7 Å². The van der Waals surface area contributed by atoms with Crippen molar-refractivity contribution in [3.05, 3.63) is 29.8 Å². The van der Waals surface area contributed by atoms with E-state index in [1.54, 1.807) is 0 Å². The summed E-state index contributed by atoms with van der Waals surface area (Å²) < 4.78 is 0. The number of amides is 1. The van der Waals surface area contributed by atoms with Gasteiger partial charge < -0.3 is 10.2 Å². The number of nitrogens with zero attached hydrogens (tertiary/aromatic N) is 2. The second-order valence-electron chi connectivity index (χ2n) is 5.38. The van der Waals surface area contributed by atoms with Crippen molar-refractivity contribution in [2.24, 2.45) is 5.92 Å². The maximum atomic E-state index is 12.2. The third-order valence-corrected chi connectivity index (χ3v) is 3.82. The lowest BCUT2D eigenvalue weighted by Crippen LogP contribution is -2.38. The van der Waals surface area contributed by atoms with Crippen LogP contribution in [0.4, 0.5) is 5.69 Å². The Bertz CT molecular complexity index is 481. The molecule has 20 heavy (non-hydrogen) atoms. The van der Waals surface area contributed by atoms with Gasteiger partial charge in [0.1, 0.15) is 0 Å². The third-order valence-electron chi connectivity index (χ3n) is 3.82.